The lowest BCUT2D eigenvalue weighted by atomic mass is 9.96. The third kappa shape index (κ3) is 20.4. The predicted octanol–water partition coefficient (Wildman–Crippen LogP) is -13.2. The van der Waals surface area contributed by atoms with Crippen molar-refractivity contribution >= 4 is 69.0 Å². The smallest absolute Gasteiger partial charge is 0.330 e. The van der Waals surface area contributed by atoms with Crippen LogP contribution in [0.4, 0.5) is 0 Å². The Morgan fingerprint density at radius 1 is 0.750 bits per heavy atom. The lowest BCUT2D eigenvalue weighted by Gasteiger charge is -2.46. The van der Waals surface area contributed by atoms with Crippen molar-refractivity contribution in [2.24, 2.45) is 0 Å². The van der Waals surface area contributed by atoms with Crippen molar-refractivity contribution in [3.63, 3.8) is 0 Å². The summed E-state index contributed by atoms with van der Waals surface area (Å²) in [4.78, 5) is 163. The SMILES string of the molecule is CC(=O)N[C@H]1[C@@H](OP(=O)([O-])OP(=O)([O-])OC[C@H]2O[C@@H](n3ccc(=O)[nH]c3=O)[C@H](O)[C@@H]2O)O[C@H](CO)[C@@H](O)[C@@H]1O[C@H](C)C(=O)N[C@@H](C)C(=O)N[C@H](CCC(=O)N[C@@H](CCC[C@@H]([NH3+])C(=O)[O-])C(=O)N[C@H](C)C(=O)N[C@H](C)C(=O)[O-])C(=O)[O-]. The topological polar surface area (TPSA) is 594 Å². The Hall–Kier alpha value is -6.15. The molecule has 2 fully saturated rings. The molecule has 39 heteroatoms. The Labute approximate surface area is 451 Å². The van der Waals surface area contributed by atoms with E-state index in [1.807, 2.05) is 10.3 Å². The van der Waals surface area contributed by atoms with Gasteiger partial charge in [0, 0.05) is 32.0 Å². The number of carboxylic acids is 3. The van der Waals surface area contributed by atoms with E-state index in [0.717, 1.165) is 40.0 Å². The van der Waals surface area contributed by atoms with Crippen molar-refractivity contribution in [2.75, 3.05) is 13.2 Å². The molecule has 3 heterocycles. The molecule has 14 N–H and O–H groups in total. The number of hydrogen-bond acceptors (Lipinski definition) is 28. The van der Waals surface area contributed by atoms with Crippen molar-refractivity contribution in [1.29, 1.82) is 0 Å². The van der Waals surface area contributed by atoms with E-state index in [4.69, 9.17) is 18.7 Å². The molecule has 2 unspecified atom stereocenters. The lowest BCUT2D eigenvalue weighted by Crippen LogP contribution is -2.68. The van der Waals surface area contributed by atoms with Gasteiger partial charge in [-0.25, -0.2) is 9.11 Å². The minimum atomic E-state index is -6.29. The Morgan fingerprint density at radius 3 is 1.91 bits per heavy atom. The van der Waals surface area contributed by atoms with Crippen LogP contribution in [0.2, 0.25) is 0 Å². The summed E-state index contributed by atoms with van der Waals surface area (Å²) in [6.45, 7) is 2.75. The van der Waals surface area contributed by atoms with Gasteiger partial charge in [-0.3, -0.25) is 56.8 Å². The fourth-order valence-electron chi connectivity index (χ4n) is 7.40. The molecule has 3 rings (SSSR count). The number of nitrogens with zero attached hydrogens (tertiary/aromatic N) is 1. The number of phosphoric acid groups is 2. The van der Waals surface area contributed by atoms with Crippen LogP contribution in [-0.4, -0.2) is 188 Å². The van der Waals surface area contributed by atoms with Gasteiger partial charge in [0.25, 0.3) is 21.2 Å². The molecule has 2 aliphatic heterocycles. The number of H-pyrrole nitrogens is 1. The van der Waals surface area contributed by atoms with Crippen LogP contribution in [-0.2, 0) is 79.8 Å². The van der Waals surface area contributed by atoms with Crippen molar-refractivity contribution < 1.29 is 131 Å². The average molecular weight is 1190 g/mol. The van der Waals surface area contributed by atoms with E-state index >= 15 is 0 Å². The number of carboxylic acid groups (broad SMARTS) is 3. The van der Waals surface area contributed by atoms with E-state index in [1.165, 1.54) is 6.92 Å². The average Bonchev–Trinajstić information content (AvgIpc) is 3.63. The molecule has 2 aliphatic rings. The van der Waals surface area contributed by atoms with Crippen molar-refractivity contribution in [3.8, 4) is 0 Å². The monoisotopic (exact) mass is 1190 g/mol. The molecule has 37 nitrogen and oxygen atoms in total. The molecule has 0 radical (unpaired) electrons. The number of aliphatic carboxylic acids is 3. The van der Waals surface area contributed by atoms with Crippen LogP contribution in [0.1, 0.15) is 73.0 Å². The van der Waals surface area contributed by atoms with Gasteiger partial charge in [-0.1, -0.05) is 0 Å². The number of aromatic amines is 1. The summed E-state index contributed by atoms with van der Waals surface area (Å²) in [6.07, 6.45) is -18.6. The highest BCUT2D eigenvalue weighted by molar-refractivity contribution is 7.59. The van der Waals surface area contributed by atoms with E-state index in [-0.39, 0.29) is 19.3 Å². The third-order valence-electron chi connectivity index (χ3n) is 11.8. The van der Waals surface area contributed by atoms with Gasteiger partial charge >= 0.3 is 5.69 Å². The van der Waals surface area contributed by atoms with E-state index in [1.54, 1.807) is 0 Å². The summed E-state index contributed by atoms with van der Waals surface area (Å²) in [5.41, 5.74) is 1.45. The number of nitrogens with one attached hydrogen (secondary N) is 7. The standard InChI is InChI=1S/C41H65N9O28P2/c1-15(32(58)45-17(3)37(62)63)44-35(61)21(8-6-7-20(42)38(64)65)47-25(53)10-9-22(39(66)67)48-33(59)16(2)43-34(60)18(4)74-31-27(46-19(5)52)40(76-23(13-51)29(31)56)77-80(71,72)78-79(69,70)73-14-24-28(55)30(57)36(75-24)50-12-11-26(54)49-41(50)68/h11-12,15-18,20-24,27-31,36,40,51,55-57H,6-10,13-14,42H2,1-5H3,(H,43,60)(H,44,61)(H,45,58)(H,46,52)(H,47,53)(H,48,59)(H,62,63)(H,64,65)(H,66,67)(H,69,70)(H,71,72)(H,49,54,68)/p-4/t15-,16+,17-,18-,20-,21+,22-,23-,24-,27-,28-,29-,30-,31-,36-,40-/m1/s1. The zero-order chi connectivity index (χ0) is 60.7. The number of carbonyl (C=O) groups excluding carboxylic acids is 9. The number of rotatable bonds is 31. The molecular weight excluding hydrogens is 1130 g/mol. The van der Waals surface area contributed by atoms with Gasteiger partial charge < -0.3 is 116 Å². The summed E-state index contributed by atoms with van der Waals surface area (Å²) >= 11 is 0. The van der Waals surface area contributed by atoms with Gasteiger partial charge in [0.1, 0.15) is 72.9 Å². The number of ether oxygens (including phenoxy) is 3. The summed E-state index contributed by atoms with van der Waals surface area (Å²) in [5, 5.41) is 89.0. The van der Waals surface area contributed by atoms with Gasteiger partial charge in [-0.2, -0.15) is 0 Å². The normalized spacial score (nSPS) is 26.0. The Morgan fingerprint density at radius 2 is 1.35 bits per heavy atom. The first kappa shape index (κ1) is 68.1. The lowest BCUT2D eigenvalue weighted by molar-refractivity contribution is -0.438. The molecule has 0 aromatic carbocycles. The number of amides is 6. The summed E-state index contributed by atoms with van der Waals surface area (Å²) < 4.78 is 56.0. The zero-order valence-corrected chi connectivity index (χ0v) is 44.8. The molecule has 0 saturated carbocycles. The first-order chi connectivity index (χ1) is 37.1. The molecule has 0 aliphatic carbocycles. The molecule has 18 atom stereocenters. The Kier molecular flexibility index (Phi) is 25.6. The number of aliphatic hydroxyl groups is 4. The number of carbonyl (C=O) groups is 9. The van der Waals surface area contributed by atoms with E-state index in [0.29, 0.717) is 4.57 Å². The molecule has 1 aromatic rings. The number of aliphatic hydroxyl groups excluding tert-OH is 4. The maximum atomic E-state index is 13.4. The minimum Gasteiger partial charge on any atom is -0.756 e. The molecule has 0 bridgehead atoms. The van der Waals surface area contributed by atoms with Gasteiger partial charge in [0.05, 0.1) is 43.2 Å². The van der Waals surface area contributed by atoms with Gasteiger partial charge in [0.2, 0.25) is 35.4 Å². The molecule has 1 aromatic heterocycles. The van der Waals surface area contributed by atoms with Gasteiger partial charge in [0.15, 0.2) is 12.5 Å². The Balaban J connectivity index is 1.66. The van der Waals surface area contributed by atoms with Gasteiger partial charge in [-0.15, -0.1) is 0 Å². The largest absolute Gasteiger partial charge is 0.756 e. The number of quaternary nitrogens is 1. The van der Waals surface area contributed by atoms with Crippen LogP contribution in [0.3, 0.4) is 0 Å². The number of phosphoric ester groups is 2. The van der Waals surface area contributed by atoms with Crippen LogP contribution >= 0.6 is 15.6 Å². The summed E-state index contributed by atoms with van der Waals surface area (Å²) in [5.74, 6) is -11.5. The molecule has 80 heavy (non-hydrogen) atoms. The van der Waals surface area contributed by atoms with E-state index < -0.39 is 204 Å². The van der Waals surface area contributed by atoms with Crippen molar-refractivity contribution in [1.82, 2.24) is 41.5 Å². The fraction of sp³-hybridized carbons (Fsp3) is 0.683. The summed E-state index contributed by atoms with van der Waals surface area (Å²) in [6, 6.07) is -10.3. The highest BCUT2D eigenvalue weighted by Gasteiger charge is 2.50. The second-order valence-electron chi connectivity index (χ2n) is 18.1. The quantitative estimate of drug-likeness (QED) is 0.0307. The first-order valence-corrected chi connectivity index (χ1v) is 26.8. The number of hydrogen-bond donors (Lipinski definition) is 12. The van der Waals surface area contributed by atoms with Crippen LogP contribution in [0, 0.1) is 0 Å². The highest BCUT2D eigenvalue weighted by Crippen LogP contribution is 2.57. The molecule has 452 valence electrons. The van der Waals surface area contributed by atoms with Crippen LogP contribution in [0.25, 0.3) is 0 Å². The van der Waals surface area contributed by atoms with Gasteiger partial charge in [-0.05, 0) is 47.0 Å². The third-order valence-corrected chi connectivity index (χ3v) is 14.3. The second kappa shape index (κ2) is 30.1. The summed E-state index contributed by atoms with van der Waals surface area (Å²) in [7, 11) is -12.4. The highest BCUT2D eigenvalue weighted by atomic mass is 31.3. The van der Waals surface area contributed by atoms with E-state index in [2.05, 4.69) is 41.2 Å². The molecular formula is C41H61N9O28P2-4. The van der Waals surface area contributed by atoms with Crippen molar-refractivity contribution in [3.05, 3.63) is 33.1 Å². The predicted molar refractivity (Wildman–Crippen MR) is 246 cm³/mol. The number of aromatic nitrogens is 2. The van der Waals surface area contributed by atoms with Crippen LogP contribution in [0.15, 0.2) is 21.9 Å². The maximum Gasteiger partial charge on any atom is 0.330 e. The van der Waals surface area contributed by atoms with E-state index in [9.17, 15) is 107 Å². The molecule has 2 saturated heterocycles. The maximum absolute atomic E-state index is 13.4. The van der Waals surface area contributed by atoms with Crippen LogP contribution in [0.5, 0.6) is 0 Å². The fourth-order valence-corrected chi connectivity index (χ4v) is 9.49. The van der Waals surface area contributed by atoms with Crippen LogP contribution < -0.4 is 74.0 Å². The first-order valence-electron chi connectivity index (χ1n) is 23.9. The Bertz CT molecular complexity index is 2630. The minimum absolute atomic E-state index is 0.0543. The molecule has 0 spiro atoms. The van der Waals surface area contributed by atoms with Crippen molar-refractivity contribution in [2.45, 2.75) is 164 Å². The molecule has 6 amide bonds. The second-order valence-corrected chi connectivity index (χ2v) is 21.0. The zero-order valence-electron chi connectivity index (χ0n) is 43.0.